The normalized spacial score (nSPS) is 12.4. The Labute approximate surface area is 115 Å². The van der Waals surface area contributed by atoms with Crippen LogP contribution in [0.1, 0.15) is 51.8 Å². The summed E-state index contributed by atoms with van der Waals surface area (Å²) < 4.78 is 10.3. The molecule has 0 aliphatic carbocycles. The van der Waals surface area contributed by atoms with Crippen molar-refractivity contribution in [2.24, 2.45) is 0 Å². The molecule has 19 heavy (non-hydrogen) atoms. The van der Waals surface area contributed by atoms with Crippen LogP contribution in [0.15, 0.2) is 10.6 Å². The lowest BCUT2D eigenvalue weighted by Gasteiger charge is -2.07. The predicted octanol–water partition coefficient (Wildman–Crippen LogP) is 3.23. The number of rotatable bonds is 4. The number of ether oxygens (including phenoxy) is 1. The summed E-state index contributed by atoms with van der Waals surface area (Å²) in [4.78, 5) is 17.9. The molecule has 2 aromatic heterocycles. The minimum absolute atomic E-state index is 0.315. The highest BCUT2D eigenvalue weighted by molar-refractivity contribution is 7.14. The summed E-state index contributed by atoms with van der Waals surface area (Å²) >= 11 is 1.47. The van der Waals surface area contributed by atoms with E-state index in [1.807, 2.05) is 13.0 Å². The molecule has 0 amide bonds. The van der Waals surface area contributed by atoms with Gasteiger partial charge in [-0.15, -0.1) is 11.3 Å². The van der Waals surface area contributed by atoms with Crippen molar-refractivity contribution in [3.8, 4) is 0 Å². The second-order valence-electron chi connectivity index (χ2n) is 4.30. The van der Waals surface area contributed by atoms with Crippen LogP contribution >= 0.6 is 11.3 Å². The van der Waals surface area contributed by atoms with E-state index >= 15 is 0 Å². The van der Waals surface area contributed by atoms with Gasteiger partial charge in [0.25, 0.3) is 5.89 Å². The number of nitrogens with zero attached hydrogens (tertiary/aromatic N) is 2. The van der Waals surface area contributed by atoms with Crippen LogP contribution in [0.4, 0.5) is 0 Å². The molecule has 0 aromatic carbocycles. The smallest absolute Gasteiger partial charge is 0.349 e. The summed E-state index contributed by atoms with van der Waals surface area (Å²) in [5, 5.41) is 3.67. The Morgan fingerprint density at radius 1 is 1.53 bits per heavy atom. The monoisotopic (exact) mass is 280 g/mol. The number of carbonyl (C=O) groups is 1. The van der Waals surface area contributed by atoms with Crippen LogP contribution in [0, 0.1) is 13.8 Å². The van der Waals surface area contributed by atoms with Gasteiger partial charge >= 0.3 is 5.97 Å². The number of hydrogen-bond donors (Lipinski definition) is 0. The van der Waals surface area contributed by atoms with Gasteiger partial charge in [-0.2, -0.15) is 4.98 Å². The van der Waals surface area contributed by atoms with Gasteiger partial charge in [0, 0.05) is 4.88 Å². The van der Waals surface area contributed by atoms with E-state index in [1.165, 1.54) is 16.2 Å². The molecule has 0 saturated carbocycles. The number of esters is 1. The van der Waals surface area contributed by atoms with Gasteiger partial charge in [0.1, 0.15) is 4.88 Å². The predicted molar refractivity (Wildman–Crippen MR) is 71.3 cm³/mol. The molecule has 2 heterocycles. The summed E-state index contributed by atoms with van der Waals surface area (Å²) in [6.45, 7) is 7.50. The third kappa shape index (κ3) is 3.01. The molecule has 0 fully saturated rings. The summed E-state index contributed by atoms with van der Waals surface area (Å²) in [6, 6.07) is 1.86. The molecule has 0 aliphatic rings. The number of hydrogen-bond acceptors (Lipinski definition) is 6. The van der Waals surface area contributed by atoms with Crippen molar-refractivity contribution in [2.45, 2.75) is 40.2 Å². The summed E-state index contributed by atoms with van der Waals surface area (Å²) in [6.07, 6.45) is 0.378. The van der Waals surface area contributed by atoms with Crippen LogP contribution in [-0.4, -0.2) is 16.1 Å². The average molecular weight is 280 g/mol. The van der Waals surface area contributed by atoms with Crippen molar-refractivity contribution in [2.75, 3.05) is 0 Å². The van der Waals surface area contributed by atoms with E-state index < -0.39 is 6.10 Å². The third-order valence-corrected chi connectivity index (χ3v) is 4.08. The van der Waals surface area contributed by atoms with E-state index in [1.54, 1.807) is 13.8 Å². The van der Waals surface area contributed by atoms with Gasteiger partial charge in [-0.3, -0.25) is 0 Å². The molecule has 2 rings (SSSR count). The van der Waals surface area contributed by atoms with E-state index in [2.05, 4.69) is 17.1 Å². The Kier molecular flexibility index (Phi) is 3.99. The van der Waals surface area contributed by atoms with Gasteiger partial charge in [0.15, 0.2) is 11.9 Å². The largest absolute Gasteiger partial charge is 0.448 e. The zero-order valence-corrected chi connectivity index (χ0v) is 12.2. The second kappa shape index (κ2) is 5.52. The van der Waals surface area contributed by atoms with E-state index in [-0.39, 0.29) is 5.97 Å². The lowest BCUT2D eigenvalue weighted by Crippen LogP contribution is -2.08. The molecular formula is C13H16N2O3S. The number of aryl methyl sites for hydroxylation is 3. The van der Waals surface area contributed by atoms with Crippen LogP contribution in [0.5, 0.6) is 0 Å². The molecule has 6 heteroatoms. The van der Waals surface area contributed by atoms with E-state index in [9.17, 15) is 4.79 Å². The zero-order valence-electron chi connectivity index (χ0n) is 11.4. The zero-order chi connectivity index (χ0) is 14.0. The van der Waals surface area contributed by atoms with Crippen molar-refractivity contribution in [1.82, 2.24) is 10.1 Å². The van der Waals surface area contributed by atoms with Crippen LogP contribution < -0.4 is 0 Å². The molecule has 1 unspecified atom stereocenters. The standard InChI is InChI=1S/C13H16N2O3S/c1-5-10-7(2)6-11(19-10)13(16)17-8(3)12-14-9(4)15-18-12/h6,8H,5H2,1-4H3. The Balaban J connectivity index is 2.08. The lowest BCUT2D eigenvalue weighted by atomic mass is 10.2. The van der Waals surface area contributed by atoms with Crippen LogP contribution in [0.3, 0.4) is 0 Å². The highest BCUT2D eigenvalue weighted by atomic mass is 32.1. The van der Waals surface area contributed by atoms with Crippen LogP contribution in [0.25, 0.3) is 0 Å². The Morgan fingerprint density at radius 3 is 2.79 bits per heavy atom. The van der Waals surface area contributed by atoms with Gasteiger partial charge < -0.3 is 9.26 Å². The lowest BCUT2D eigenvalue weighted by molar-refractivity contribution is 0.0271. The molecule has 5 nitrogen and oxygen atoms in total. The Bertz CT molecular complexity index is 588. The van der Waals surface area contributed by atoms with E-state index in [0.29, 0.717) is 16.6 Å². The fourth-order valence-corrected chi connectivity index (χ4v) is 2.72. The van der Waals surface area contributed by atoms with Gasteiger partial charge in [0.2, 0.25) is 0 Å². The average Bonchev–Trinajstić information content (AvgIpc) is 2.95. The number of thiophene rings is 1. The molecule has 0 spiro atoms. The van der Waals surface area contributed by atoms with E-state index in [0.717, 1.165) is 12.0 Å². The van der Waals surface area contributed by atoms with E-state index in [4.69, 9.17) is 9.26 Å². The highest BCUT2D eigenvalue weighted by Crippen LogP contribution is 2.25. The summed E-state index contributed by atoms with van der Waals surface area (Å²) in [5.74, 6) is 0.490. The third-order valence-electron chi connectivity index (χ3n) is 2.72. The topological polar surface area (TPSA) is 65.2 Å². The fourth-order valence-electron chi connectivity index (χ4n) is 1.72. The minimum Gasteiger partial charge on any atom is -0.448 e. The summed E-state index contributed by atoms with van der Waals surface area (Å²) in [7, 11) is 0. The van der Waals surface area contributed by atoms with Gasteiger partial charge in [-0.05, 0) is 38.8 Å². The maximum absolute atomic E-state index is 12.0. The second-order valence-corrected chi connectivity index (χ2v) is 5.43. The van der Waals surface area contributed by atoms with Crippen molar-refractivity contribution in [1.29, 1.82) is 0 Å². The fraction of sp³-hybridized carbons (Fsp3) is 0.462. The first kappa shape index (κ1) is 13.7. The minimum atomic E-state index is -0.541. The first-order valence-electron chi connectivity index (χ1n) is 6.11. The molecule has 2 aromatic rings. The summed E-state index contributed by atoms with van der Waals surface area (Å²) in [5.41, 5.74) is 1.13. The highest BCUT2D eigenvalue weighted by Gasteiger charge is 2.20. The van der Waals surface area contributed by atoms with Crippen LogP contribution in [0.2, 0.25) is 0 Å². The van der Waals surface area contributed by atoms with Crippen LogP contribution in [-0.2, 0) is 11.2 Å². The SMILES string of the molecule is CCc1sc(C(=O)OC(C)c2nc(C)no2)cc1C. The van der Waals surface area contributed by atoms with Crippen molar-refractivity contribution in [3.63, 3.8) is 0 Å². The van der Waals surface area contributed by atoms with Crippen molar-refractivity contribution in [3.05, 3.63) is 33.1 Å². The molecule has 0 N–H and O–H groups in total. The Morgan fingerprint density at radius 2 is 2.26 bits per heavy atom. The molecular weight excluding hydrogens is 264 g/mol. The maximum Gasteiger partial charge on any atom is 0.349 e. The van der Waals surface area contributed by atoms with Crippen molar-refractivity contribution < 1.29 is 14.1 Å². The molecule has 0 bridgehead atoms. The van der Waals surface area contributed by atoms with Crippen molar-refractivity contribution >= 4 is 17.3 Å². The van der Waals surface area contributed by atoms with Gasteiger partial charge in [0.05, 0.1) is 0 Å². The quantitative estimate of drug-likeness (QED) is 0.804. The maximum atomic E-state index is 12.0. The number of aromatic nitrogens is 2. The van der Waals surface area contributed by atoms with Gasteiger partial charge in [-0.1, -0.05) is 12.1 Å². The first-order valence-corrected chi connectivity index (χ1v) is 6.93. The molecule has 0 saturated heterocycles. The molecule has 0 radical (unpaired) electrons. The molecule has 0 aliphatic heterocycles. The Hall–Kier alpha value is -1.69. The molecule has 102 valence electrons. The molecule has 1 atom stereocenters. The van der Waals surface area contributed by atoms with Gasteiger partial charge in [-0.25, -0.2) is 4.79 Å². The first-order chi connectivity index (χ1) is 9.01. The number of carbonyl (C=O) groups excluding carboxylic acids is 1.